The van der Waals surface area contributed by atoms with Crippen molar-refractivity contribution in [3.05, 3.63) is 0 Å². The van der Waals surface area contributed by atoms with Crippen LogP contribution in [0.15, 0.2) is 0 Å². The molecule has 2 aliphatic rings. The molecule has 1 N–H and O–H groups in total. The fraction of sp³-hybridized carbons (Fsp3) is 1.00. The lowest BCUT2D eigenvalue weighted by molar-refractivity contribution is 0.0833. The molecule has 0 amide bonds. The first kappa shape index (κ1) is 17.3. The van der Waals surface area contributed by atoms with E-state index in [9.17, 15) is 0 Å². The van der Waals surface area contributed by atoms with E-state index in [2.05, 4.69) is 37.9 Å². The van der Waals surface area contributed by atoms with E-state index in [4.69, 9.17) is 0 Å². The van der Waals surface area contributed by atoms with E-state index in [-0.39, 0.29) is 0 Å². The lowest BCUT2D eigenvalue weighted by Gasteiger charge is -2.44. The Labute approximate surface area is 133 Å². The third-order valence-corrected chi connectivity index (χ3v) is 5.49. The molecule has 0 radical (unpaired) electrons. The third-order valence-electron chi connectivity index (χ3n) is 5.49. The number of nitrogens with one attached hydrogen (secondary N) is 1. The molecule has 2 heteroatoms. The molecule has 0 aromatic heterocycles. The minimum atomic E-state index is 0.746. The second kappa shape index (κ2) is 8.53. The predicted molar refractivity (Wildman–Crippen MR) is 92.7 cm³/mol. The zero-order chi connectivity index (χ0) is 15.2. The van der Waals surface area contributed by atoms with E-state index < -0.39 is 0 Å². The Bertz CT molecular complexity index is 285. The SMILES string of the molecule is CCCC1CCC(NCC)C(N(CCC(C)C)C2CC2)C1. The summed E-state index contributed by atoms with van der Waals surface area (Å²) in [6.07, 6.45) is 11.4. The summed E-state index contributed by atoms with van der Waals surface area (Å²) in [5.41, 5.74) is 0. The number of hydrogen-bond acceptors (Lipinski definition) is 2. The van der Waals surface area contributed by atoms with Gasteiger partial charge in [-0.3, -0.25) is 4.90 Å². The first-order valence-electron chi connectivity index (χ1n) is 9.64. The maximum absolute atomic E-state index is 3.81. The third kappa shape index (κ3) is 5.25. The second-order valence-electron chi connectivity index (χ2n) is 7.85. The van der Waals surface area contributed by atoms with E-state index in [1.807, 2.05) is 0 Å². The molecule has 0 saturated heterocycles. The monoisotopic (exact) mass is 294 g/mol. The largest absolute Gasteiger partial charge is 0.313 e. The Morgan fingerprint density at radius 3 is 2.43 bits per heavy atom. The molecule has 0 aromatic carbocycles. The van der Waals surface area contributed by atoms with Gasteiger partial charge in [-0.1, -0.05) is 40.5 Å². The first-order chi connectivity index (χ1) is 10.2. The summed E-state index contributed by atoms with van der Waals surface area (Å²) in [6, 6.07) is 2.47. The summed E-state index contributed by atoms with van der Waals surface area (Å²) < 4.78 is 0. The molecule has 0 heterocycles. The average Bonchev–Trinajstić information content (AvgIpc) is 3.26. The molecule has 2 rings (SSSR count). The predicted octanol–water partition coefficient (Wildman–Crippen LogP) is 4.44. The smallest absolute Gasteiger partial charge is 0.0254 e. The average molecular weight is 295 g/mol. The maximum Gasteiger partial charge on any atom is 0.0254 e. The lowest BCUT2D eigenvalue weighted by atomic mass is 9.79. The van der Waals surface area contributed by atoms with Gasteiger partial charge in [0.25, 0.3) is 0 Å². The molecule has 124 valence electrons. The summed E-state index contributed by atoms with van der Waals surface area (Å²) in [5.74, 6) is 1.81. The van der Waals surface area contributed by atoms with Crippen LogP contribution in [-0.2, 0) is 0 Å². The van der Waals surface area contributed by atoms with Gasteiger partial charge in [-0.25, -0.2) is 0 Å². The van der Waals surface area contributed by atoms with Gasteiger partial charge >= 0.3 is 0 Å². The summed E-state index contributed by atoms with van der Waals surface area (Å²) >= 11 is 0. The normalized spacial score (nSPS) is 30.3. The summed E-state index contributed by atoms with van der Waals surface area (Å²) in [6.45, 7) is 11.8. The fourth-order valence-corrected chi connectivity index (χ4v) is 4.20. The van der Waals surface area contributed by atoms with Crippen molar-refractivity contribution in [1.82, 2.24) is 10.2 Å². The maximum atomic E-state index is 3.81. The molecule has 2 aliphatic carbocycles. The highest BCUT2D eigenvalue weighted by Crippen LogP contribution is 2.37. The van der Waals surface area contributed by atoms with E-state index in [1.54, 1.807) is 0 Å². The Kier molecular flexibility index (Phi) is 7.01. The number of nitrogens with zero attached hydrogens (tertiary/aromatic N) is 1. The van der Waals surface area contributed by atoms with E-state index in [0.29, 0.717) is 0 Å². The minimum Gasteiger partial charge on any atom is -0.313 e. The van der Waals surface area contributed by atoms with Crippen molar-refractivity contribution in [2.24, 2.45) is 11.8 Å². The Morgan fingerprint density at radius 2 is 1.86 bits per heavy atom. The van der Waals surface area contributed by atoms with Crippen LogP contribution in [0.2, 0.25) is 0 Å². The van der Waals surface area contributed by atoms with Crippen LogP contribution in [0.1, 0.15) is 79.1 Å². The van der Waals surface area contributed by atoms with Gasteiger partial charge in [0.15, 0.2) is 0 Å². The van der Waals surface area contributed by atoms with Gasteiger partial charge in [0.1, 0.15) is 0 Å². The Hall–Kier alpha value is -0.0800. The van der Waals surface area contributed by atoms with Crippen molar-refractivity contribution < 1.29 is 0 Å². The van der Waals surface area contributed by atoms with Crippen LogP contribution < -0.4 is 5.32 Å². The van der Waals surface area contributed by atoms with Crippen LogP contribution in [0.4, 0.5) is 0 Å². The minimum absolute atomic E-state index is 0.746. The second-order valence-corrected chi connectivity index (χ2v) is 7.85. The van der Waals surface area contributed by atoms with E-state index >= 15 is 0 Å². The summed E-state index contributed by atoms with van der Waals surface area (Å²) in [7, 11) is 0. The molecule has 2 saturated carbocycles. The molecule has 0 aromatic rings. The summed E-state index contributed by atoms with van der Waals surface area (Å²) in [4.78, 5) is 2.91. The number of hydrogen-bond donors (Lipinski definition) is 1. The molecule has 2 fully saturated rings. The van der Waals surface area contributed by atoms with Crippen molar-refractivity contribution in [3.63, 3.8) is 0 Å². The standard InChI is InChI=1S/C19H38N2/c1-5-7-16-8-11-18(20-6-2)19(14-16)21(17-9-10-17)13-12-15(3)4/h15-20H,5-14H2,1-4H3. The number of likely N-dealkylation sites (N-methyl/N-ethyl adjacent to an activating group) is 1. The topological polar surface area (TPSA) is 15.3 Å². The summed E-state index contributed by atoms with van der Waals surface area (Å²) in [5, 5.41) is 3.81. The van der Waals surface area contributed by atoms with Gasteiger partial charge in [0, 0.05) is 18.1 Å². The molecule has 3 atom stereocenters. The van der Waals surface area contributed by atoms with Crippen molar-refractivity contribution in [2.45, 2.75) is 97.2 Å². The van der Waals surface area contributed by atoms with Gasteiger partial charge in [0.2, 0.25) is 0 Å². The van der Waals surface area contributed by atoms with Gasteiger partial charge < -0.3 is 5.32 Å². The molecule has 0 spiro atoms. The Balaban J connectivity index is 2.00. The highest BCUT2D eigenvalue weighted by Gasteiger charge is 2.39. The van der Waals surface area contributed by atoms with E-state index in [1.165, 1.54) is 57.9 Å². The zero-order valence-electron chi connectivity index (χ0n) is 14.9. The van der Waals surface area contributed by atoms with Crippen LogP contribution >= 0.6 is 0 Å². The van der Waals surface area contributed by atoms with Crippen LogP contribution in [0, 0.1) is 11.8 Å². The quantitative estimate of drug-likeness (QED) is 0.676. The lowest BCUT2D eigenvalue weighted by Crippen LogP contribution is -2.54. The highest BCUT2D eigenvalue weighted by atomic mass is 15.2. The molecular formula is C19H38N2. The molecular weight excluding hydrogens is 256 g/mol. The van der Waals surface area contributed by atoms with Crippen LogP contribution in [0.5, 0.6) is 0 Å². The van der Waals surface area contributed by atoms with Gasteiger partial charge in [-0.05, 0) is 63.5 Å². The van der Waals surface area contributed by atoms with Crippen molar-refractivity contribution >= 4 is 0 Å². The molecule has 21 heavy (non-hydrogen) atoms. The fourth-order valence-electron chi connectivity index (χ4n) is 4.20. The molecule has 0 bridgehead atoms. The van der Waals surface area contributed by atoms with Crippen LogP contribution in [0.25, 0.3) is 0 Å². The molecule has 0 aliphatic heterocycles. The first-order valence-corrected chi connectivity index (χ1v) is 9.64. The van der Waals surface area contributed by atoms with Gasteiger partial charge in [-0.2, -0.15) is 0 Å². The Morgan fingerprint density at radius 1 is 1.10 bits per heavy atom. The van der Waals surface area contributed by atoms with Crippen LogP contribution in [-0.4, -0.2) is 36.1 Å². The van der Waals surface area contributed by atoms with Gasteiger partial charge in [0.05, 0.1) is 0 Å². The highest BCUT2D eigenvalue weighted by molar-refractivity contribution is 4.97. The van der Waals surface area contributed by atoms with Crippen molar-refractivity contribution in [2.75, 3.05) is 13.1 Å². The van der Waals surface area contributed by atoms with Crippen molar-refractivity contribution in [3.8, 4) is 0 Å². The van der Waals surface area contributed by atoms with Crippen LogP contribution in [0.3, 0.4) is 0 Å². The molecule has 2 nitrogen and oxygen atoms in total. The molecule has 3 unspecified atom stereocenters. The van der Waals surface area contributed by atoms with E-state index in [0.717, 1.165) is 36.5 Å². The zero-order valence-corrected chi connectivity index (χ0v) is 14.9. The van der Waals surface area contributed by atoms with Crippen molar-refractivity contribution in [1.29, 1.82) is 0 Å². The van der Waals surface area contributed by atoms with Gasteiger partial charge in [-0.15, -0.1) is 0 Å². The number of rotatable bonds is 9.